The topological polar surface area (TPSA) is 86.9 Å². The summed E-state index contributed by atoms with van der Waals surface area (Å²) in [5.41, 5.74) is 3.59. The van der Waals surface area contributed by atoms with Gasteiger partial charge in [0.1, 0.15) is 5.82 Å². The van der Waals surface area contributed by atoms with Crippen LogP contribution in [-0.4, -0.2) is 21.8 Å². The summed E-state index contributed by atoms with van der Waals surface area (Å²) in [7, 11) is 0. The number of nitrogens with zero attached hydrogens (tertiary/aromatic N) is 1. The first-order chi connectivity index (χ1) is 13.1. The molecule has 0 unspecified atom stereocenters. The highest BCUT2D eigenvalue weighted by Crippen LogP contribution is 2.13. The van der Waals surface area contributed by atoms with Crippen LogP contribution in [0, 0.1) is 0 Å². The van der Waals surface area contributed by atoms with E-state index in [1.807, 2.05) is 55.5 Å². The molecule has 3 N–H and O–H groups in total. The maximum Gasteiger partial charge on any atom is 0.224 e. The molecule has 2 aromatic carbocycles. The monoisotopic (exact) mass is 364 g/mol. The summed E-state index contributed by atoms with van der Waals surface area (Å²) < 4.78 is 0. The lowest BCUT2D eigenvalue weighted by atomic mass is 10.2. The van der Waals surface area contributed by atoms with Gasteiger partial charge in [-0.25, -0.2) is 4.98 Å². The van der Waals surface area contributed by atoms with E-state index in [0.717, 1.165) is 34.5 Å². The van der Waals surface area contributed by atoms with E-state index in [2.05, 4.69) is 20.6 Å². The Bertz CT molecular complexity index is 900. The molecule has 0 bridgehead atoms. The maximum absolute atomic E-state index is 12.1. The van der Waals surface area contributed by atoms with Gasteiger partial charge < -0.3 is 15.6 Å². The van der Waals surface area contributed by atoms with E-state index < -0.39 is 0 Å². The van der Waals surface area contributed by atoms with Crippen LogP contribution in [0.5, 0.6) is 0 Å². The van der Waals surface area contributed by atoms with Crippen molar-refractivity contribution in [2.24, 2.45) is 0 Å². The van der Waals surface area contributed by atoms with Crippen LogP contribution in [0.25, 0.3) is 11.0 Å². The second kappa shape index (κ2) is 8.98. The Kier molecular flexibility index (Phi) is 6.20. The summed E-state index contributed by atoms with van der Waals surface area (Å²) in [6, 6.07) is 15.3. The third-order valence-corrected chi connectivity index (χ3v) is 4.20. The van der Waals surface area contributed by atoms with E-state index in [1.54, 1.807) is 0 Å². The lowest BCUT2D eigenvalue weighted by Gasteiger charge is -2.08. The van der Waals surface area contributed by atoms with Gasteiger partial charge in [0, 0.05) is 31.5 Å². The van der Waals surface area contributed by atoms with Crippen LogP contribution in [0.15, 0.2) is 48.5 Å². The van der Waals surface area contributed by atoms with Gasteiger partial charge in [-0.15, -0.1) is 0 Å². The van der Waals surface area contributed by atoms with Crippen LogP contribution in [0.1, 0.15) is 37.6 Å². The number of para-hydroxylation sites is 2. The molecule has 0 aliphatic carbocycles. The largest absolute Gasteiger partial charge is 0.352 e. The first-order valence-electron chi connectivity index (χ1n) is 9.23. The lowest BCUT2D eigenvalue weighted by Crippen LogP contribution is -2.23. The fraction of sp³-hybridized carbons (Fsp3) is 0.286. The first-order valence-corrected chi connectivity index (χ1v) is 9.23. The minimum absolute atomic E-state index is 0.00419. The number of carbonyl (C=O) groups excluding carboxylic acids is 2. The number of aryl methyl sites for hydroxylation is 1. The Morgan fingerprint density at radius 1 is 1.04 bits per heavy atom. The predicted molar refractivity (Wildman–Crippen MR) is 106 cm³/mol. The average molecular weight is 364 g/mol. The minimum atomic E-state index is -0.0316. The zero-order valence-electron chi connectivity index (χ0n) is 15.4. The zero-order valence-corrected chi connectivity index (χ0v) is 15.4. The molecule has 6 nitrogen and oxygen atoms in total. The van der Waals surface area contributed by atoms with Crippen LogP contribution < -0.4 is 10.6 Å². The number of hydrogen-bond donors (Lipinski definition) is 3. The van der Waals surface area contributed by atoms with Crippen molar-refractivity contribution in [3.05, 3.63) is 59.9 Å². The van der Waals surface area contributed by atoms with Gasteiger partial charge in [-0.3, -0.25) is 9.59 Å². The van der Waals surface area contributed by atoms with Gasteiger partial charge in [-0.1, -0.05) is 31.2 Å². The number of aromatic amines is 1. The predicted octanol–water partition coefficient (Wildman–Crippen LogP) is 3.55. The Morgan fingerprint density at radius 3 is 2.70 bits per heavy atom. The number of amides is 2. The zero-order chi connectivity index (χ0) is 19.1. The highest BCUT2D eigenvalue weighted by molar-refractivity contribution is 5.90. The van der Waals surface area contributed by atoms with Crippen molar-refractivity contribution in [1.29, 1.82) is 0 Å². The third-order valence-electron chi connectivity index (χ3n) is 4.20. The number of nitrogens with one attached hydrogen (secondary N) is 3. The normalized spacial score (nSPS) is 10.7. The van der Waals surface area contributed by atoms with Crippen LogP contribution in [0.4, 0.5) is 5.69 Å². The van der Waals surface area contributed by atoms with E-state index in [0.29, 0.717) is 25.8 Å². The lowest BCUT2D eigenvalue weighted by molar-refractivity contribution is -0.121. The van der Waals surface area contributed by atoms with Gasteiger partial charge >= 0.3 is 0 Å². The van der Waals surface area contributed by atoms with E-state index in [9.17, 15) is 9.59 Å². The van der Waals surface area contributed by atoms with Crippen LogP contribution >= 0.6 is 0 Å². The number of aromatic nitrogens is 2. The quantitative estimate of drug-likeness (QED) is 0.571. The average Bonchev–Trinajstić information content (AvgIpc) is 3.08. The standard InChI is InChI=1S/C21H24N4O2/c1-2-6-21(27)23-16-8-5-7-15(13-16)14-22-20(26)12-11-19-24-17-9-3-4-10-18(17)25-19/h3-5,7-10,13H,2,6,11-12,14H2,1H3,(H,22,26)(H,23,27)(H,24,25). The van der Waals surface area contributed by atoms with Crippen molar-refractivity contribution >= 4 is 28.5 Å². The van der Waals surface area contributed by atoms with Crippen molar-refractivity contribution < 1.29 is 9.59 Å². The van der Waals surface area contributed by atoms with Crippen molar-refractivity contribution in [3.8, 4) is 0 Å². The van der Waals surface area contributed by atoms with Gasteiger partial charge in [0.05, 0.1) is 11.0 Å². The van der Waals surface area contributed by atoms with Crippen LogP contribution in [0.3, 0.4) is 0 Å². The Hall–Kier alpha value is -3.15. The fourth-order valence-corrected chi connectivity index (χ4v) is 2.85. The van der Waals surface area contributed by atoms with E-state index in [-0.39, 0.29) is 11.8 Å². The molecule has 0 aliphatic rings. The molecule has 0 fully saturated rings. The number of rotatable bonds is 8. The molecule has 0 radical (unpaired) electrons. The molecule has 3 rings (SSSR count). The molecule has 0 aliphatic heterocycles. The fourth-order valence-electron chi connectivity index (χ4n) is 2.85. The molecular formula is C21H24N4O2. The maximum atomic E-state index is 12.1. The molecule has 0 saturated heterocycles. The molecule has 0 atom stereocenters. The SMILES string of the molecule is CCCC(=O)Nc1cccc(CNC(=O)CCc2nc3ccccc3[nH]2)c1. The van der Waals surface area contributed by atoms with Gasteiger partial charge in [0.15, 0.2) is 0 Å². The second-order valence-electron chi connectivity index (χ2n) is 6.48. The highest BCUT2D eigenvalue weighted by atomic mass is 16.2. The van der Waals surface area contributed by atoms with Gasteiger partial charge in [-0.05, 0) is 36.2 Å². The molecule has 0 spiro atoms. The van der Waals surface area contributed by atoms with Gasteiger partial charge in [-0.2, -0.15) is 0 Å². The number of benzene rings is 2. The molecular weight excluding hydrogens is 340 g/mol. The Balaban J connectivity index is 1.48. The minimum Gasteiger partial charge on any atom is -0.352 e. The molecule has 3 aromatic rings. The molecule has 6 heteroatoms. The number of hydrogen-bond acceptors (Lipinski definition) is 3. The number of anilines is 1. The van der Waals surface area contributed by atoms with E-state index >= 15 is 0 Å². The smallest absolute Gasteiger partial charge is 0.224 e. The summed E-state index contributed by atoms with van der Waals surface area (Å²) in [6.07, 6.45) is 2.25. The Labute approximate surface area is 158 Å². The van der Waals surface area contributed by atoms with E-state index in [4.69, 9.17) is 0 Å². The summed E-state index contributed by atoms with van der Waals surface area (Å²) in [5.74, 6) is 0.785. The van der Waals surface area contributed by atoms with Crippen molar-refractivity contribution in [2.75, 3.05) is 5.32 Å². The van der Waals surface area contributed by atoms with Crippen LogP contribution in [-0.2, 0) is 22.6 Å². The summed E-state index contributed by atoms with van der Waals surface area (Å²) in [6.45, 7) is 2.40. The summed E-state index contributed by atoms with van der Waals surface area (Å²) >= 11 is 0. The van der Waals surface area contributed by atoms with Crippen LogP contribution in [0.2, 0.25) is 0 Å². The molecule has 27 heavy (non-hydrogen) atoms. The molecule has 140 valence electrons. The molecule has 1 aromatic heterocycles. The highest BCUT2D eigenvalue weighted by Gasteiger charge is 2.07. The third kappa shape index (κ3) is 5.41. The number of H-pyrrole nitrogens is 1. The first kappa shape index (κ1) is 18.6. The van der Waals surface area contributed by atoms with Crippen molar-refractivity contribution in [1.82, 2.24) is 15.3 Å². The number of fused-ring (bicyclic) bond motifs is 1. The van der Waals surface area contributed by atoms with E-state index in [1.165, 1.54) is 0 Å². The van der Waals surface area contributed by atoms with Gasteiger partial charge in [0.2, 0.25) is 11.8 Å². The molecule has 0 saturated carbocycles. The second-order valence-corrected chi connectivity index (χ2v) is 6.48. The molecule has 2 amide bonds. The van der Waals surface area contributed by atoms with Crippen molar-refractivity contribution in [2.45, 2.75) is 39.2 Å². The molecule has 1 heterocycles. The summed E-state index contributed by atoms with van der Waals surface area (Å²) in [5, 5.41) is 5.78. The van der Waals surface area contributed by atoms with Crippen molar-refractivity contribution in [3.63, 3.8) is 0 Å². The number of carbonyl (C=O) groups is 2. The summed E-state index contributed by atoms with van der Waals surface area (Å²) in [4.78, 5) is 31.5. The van der Waals surface area contributed by atoms with Gasteiger partial charge in [0.25, 0.3) is 0 Å². The number of imidazole rings is 1. The Morgan fingerprint density at radius 2 is 1.89 bits per heavy atom.